The van der Waals surface area contributed by atoms with E-state index in [2.05, 4.69) is 6.07 Å². The fourth-order valence-electron chi connectivity index (χ4n) is 1.56. The van der Waals surface area contributed by atoms with Crippen molar-refractivity contribution in [1.29, 1.82) is 5.26 Å². The average Bonchev–Trinajstić information content (AvgIpc) is 2.49. The molecule has 0 radical (unpaired) electrons. The molecule has 0 N–H and O–H groups in total. The lowest BCUT2D eigenvalue weighted by molar-refractivity contribution is -0.131. The molecule has 0 saturated carbocycles. The van der Waals surface area contributed by atoms with Crippen LogP contribution in [-0.2, 0) is 4.79 Å². The Hall–Kier alpha value is -1.08. The van der Waals surface area contributed by atoms with Crippen molar-refractivity contribution in [3.05, 3.63) is 0 Å². The SMILES string of the molecule is CN(C)CC(=O)N1CCCC1C#N. The zero-order chi connectivity index (χ0) is 9.84. The highest BCUT2D eigenvalue weighted by Gasteiger charge is 2.28. The van der Waals surface area contributed by atoms with Crippen LogP contribution in [0.15, 0.2) is 0 Å². The number of amides is 1. The summed E-state index contributed by atoms with van der Waals surface area (Å²) in [5.74, 6) is 0.0639. The first kappa shape index (κ1) is 10.0. The van der Waals surface area contributed by atoms with Gasteiger partial charge in [0.15, 0.2) is 0 Å². The van der Waals surface area contributed by atoms with Gasteiger partial charge >= 0.3 is 0 Å². The molecular weight excluding hydrogens is 166 g/mol. The normalized spacial score (nSPS) is 22.0. The smallest absolute Gasteiger partial charge is 0.237 e. The average molecular weight is 181 g/mol. The number of rotatable bonds is 2. The molecule has 1 aliphatic rings. The minimum Gasteiger partial charge on any atom is -0.326 e. The van der Waals surface area contributed by atoms with Crippen molar-refractivity contribution in [2.45, 2.75) is 18.9 Å². The van der Waals surface area contributed by atoms with Crippen LogP contribution in [0.5, 0.6) is 0 Å². The topological polar surface area (TPSA) is 47.3 Å². The molecule has 1 fully saturated rings. The summed E-state index contributed by atoms with van der Waals surface area (Å²) in [4.78, 5) is 15.1. The van der Waals surface area contributed by atoms with Crippen LogP contribution >= 0.6 is 0 Å². The number of likely N-dealkylation sites (N-methyl/N-ethyl adjacent to an activating group) is 1. The Morgan fingerprint density at radius 3 is 2.92 bits per heavy atom. The van der Waals surface area contributed by atoms with Gasteiger partial charge in [0.05, 0.1) is 12.6 Å². The Kier molecular flexibility index (Phi) is 3.26. The maximum absolute atomic E-state index is 11.6. The third-order valence-corrected chi connectivity index (χ3v) is 2.17. The monoisotopic (exact) mass is 181 g/mol. The second-order valence-corrected chi connectivity index (χ2v) is 3.61. The van der Waals surface area contributed by atoms with Crippen molar-refractivity contribution >= 4 is 5.91 Å². The molecule has 0 aromatic carbocycles. The summed E-state index contributed by atoms with van der Waals surface area (Å²) in [5.41, 5.74) is 0. The van der Waals surface area contributed by atoms with Crippen LogP contribution in [0.25, 0.3) is 0 Å². The number of carbonyl (C=O) groups is 1. The number of nitriles is 1. The fourth-order valence-corrected chi connectivity index (χ4v) is 1.56. The van der Waals surface area contributed by atoms with Crippen molar-refractivity contribution in [1.82, 2.24) is 9.80 Å². The van der Waals surface area contributed by atoms with E-state index in [1.165, 1.54) is 0 Å². The second kappa shape index (κ2) is 4.24. The Bertz CT molecular complexity index is 232. The number of nitrogens with zero attached hydrogens (tertiary/aromatic N) is 3. The van der Waals surface area contributed by atoms with Crippen LogP contribution in [0.4, 0.5) is 0 Å². The van der Waals surface area contributed by atoms with Crippen LogP contribution in [0.1, 0.15) is 12.8 Å². The number of carbonyl (C=O) groups excluding carboxylic acids is 1. The molecule has 0 aromatic heterocycles. The molecule has 1 atom stereocenters. The maximum atomic E-state index is 11.6. The van der Waals surface area contributed by atoms with Gasteiger partial charge in [0.1, 0.15) is 6.04 Å². The molecule has 4 nitrogen and oxygen atoms in total. The molecule has 0 bridgehead atoms. The van der Waals surface area contributed by atoms with E-state index < -0.39 is 0 Å². The first-order chi connectivity index (χ1) is 6.15. The Balaban J connectivity index is 2.51. The number of likely N-dealkylation sites (tertiary alicyclic amines) is 1. The van der Waals surface area contributed by atoms with E-state index in [9.17, 15) is 4.79 Å². The quantitative estimate of drug-likeness (QED) is 0.605. The van der Waals surface area contributed by atoms with Gasteiger partial charge in [0.2, 0.25) is 5.91 Å². The maximum Gasteiger partial charge on any atom is 0.237 e. The fraction of sp³-hybridized carbons (Fsp3) is 0.778. The summed E-state index contributed by atoms with van der Waals surface area (Å²) in [6, 6.07) is 1.97. The largest absolute Gasteiger partial charge is 0.326 e. The highest BCUT2D eigenvalue weighted by Crippen LogP contribution is 2.16. The first-order valence-electron chi connectivity index (χ1n) is 4.49. The third-order valence-electron chi connectivity index (χ3n) is 2.17. The molecule has 0 aromatic rings. The molecule has 1 aliphatic heterocycles. The molecule has 1 amide bonds. The lowest BCUT2D eigenvalue weighted by atomic mass is 10.2. The molecular formula is C9H15N3O. The molecule has 0 aliphatic carbocycles. The molecule has 72 valence electrons. The third kappa shape index (κ3) is 2.43. The molecule has 13 heavy (non-hydrogen) atoms. The zero-order valence-electron chi connectivity index (χ0n) is 8.16. The second-order valence-electron chi connectivity index (χ2n) is 3.61. The van der Waals surface area contributed by atoms with Gasteiger partial charge in [-0.05, 0) is 26.9 Å². The molecule has 1 unspecified atom stereocenters. The summed E-state index contributed by atoms with van der Waals surface area (Å²) in [6.45, 7) is 1.14. The Labute approximate surface area is 78.7 Å². The Morgan fingerprint density at radius 1 is 1.69 bits per heavy atom. The van der Waals surface area contributed by atoms with Gasteiger partial charge in [-0.2, -0.15) is 5.26 Å². The Morgan fingerprint density at radius 2 is 2.38 bits per heavy atom. The highest BCUT2D eigenvalue weighted by molar-refractivity contribution is 5.79. The standard InChI is InChI=1S/C9H15N3O/c1-11(2)7-9(13)12-5-3-4-8(12)6-10/h8H,3-5,7H2,1-2H3. The van der Waals surface area contributed by atoms with Crippen molar-refractivity contribution in [2.75, 3.05) is 27.2 Å². The van der Waals surface area contributed by atoms with E-state index >= 15 is 0 Å². The van der Waals surface area contributed by atoms with Gasteiger partial charge in [-0.1, -0.05) is 0 Å². The van der Waals surface area contributed by atoms with Crippen LogP contribution in [0.2, 0.25) is 0 Å². The van der Waals surface area contributed by atoms with Gasteiger partial charge in [-0.25, -0.2) is 0 Å². The summed E-state index contributed by atoms with van der Waals surface area (Å²) in [5, 5.41) is 8.76. The molecule has 1 saturated heterocycles. The van der Waals surface area contributed by atoms with E-state index in [0.29, 0.717) is 6.54 Å². The number of hydrogen-bond donors (Lipinski definition) is 0. The summed E-state index contributed by atoms with van der Waals surface area (Å²) in [7, 11) is 3.71. The summed E-state index contributed by atoms with van der Waals surface area (Å²) >= 11 is 0. The van der Waals surface area contributed by atoms with Crippen LogP contribution in [-0.4, -0.2) is 48.9 Å². The highest BCUT2D eigenvalue weighted by atomic mass is 16.2. The predicted molar refractivity (Wildman–Crippen MR) is 48.9 cm³/mol. The molecule has 1 rings (SSSR count). The van der Waals surface area contributed by atoms with Crippen LogP contribution in [0, 0.1) is 11.3 Å². The summed E-state index contributed by atoms with van der Waals surface area (Å²) in [6.07, 6.45) is 1.78. The predicted octanol–water partition coefficient (Wildman–Crippen LogP) is 0.0626. The minimum absolute atomic E-state index is 0.0639. The van der Waals surface area contributed by atoms with Crippen LogP contribution in [0.3, 0.4) is 0 Å². The lowest BCUT2D eigenvalue weighted by Gasteiger charge is -2.21. The van der Waals surface area contributed by atoms with E-state index in [1.54, 1.807) is 4.90 Å². The van der Waals surface area contributed by atoms with Crippen molar-refractivity contribution in [3.8, 4) is 6.07 Å². The minimum atomic E-state index is -0.188. The summed E-state index contributed by atoms with van der Waals surface area (Å²) < 4.78 is 0. The van der Waals surface area contributed by atoms with Crippen molar-refractivity contribution < 1.29 is 4.79 Å². The lowest BCUT2D eigenvalue weighted by Crippen LogP contribution is -2.40. The number of hydrogen-bond acceptors (Lipinski definition) is 3. The first-order valence-corrected chi connectivity index (χ1v) is 4.49. The molecule has 1 heterocycles. The van der Waals surface area contributed by atoms with Gasteiger partial charge in [0, 0.05) is 6.54 Å². The van der Waals surface area contributed by atoms with E-state index in [0.717, 1.165) is 19.4 Å². The zero-order valence-corrected chi connectivity index (χ0v) is 8.16. The van der Waals surface area contributed by atoms with E-state index in [1.807, 2.05) is 19.0 Å². The van der Waals surface area contributed by atoms with Gasteiger partial charge in [-0.15, -0.1) is 0 Å². The van der Waals surface area contributed by atoms with Crippen molar-refractivity contribution in [3.63, 3.8) is 0 Å². The van der Waals surface area contributed by atoms with Gasteiger partial charge in [0.25, 0.3) is 0 Å². The van der Waals surface area contributed by atoms with E-state index in [4.69, 9.17) is 5.26 Å². The van der Waals surface area contributed by atoms with Crippen LogP contribution < -0.4 is 0 Å². The van der Waals surface area contributed by atoms with Gasteiger partial charge in [-0.3, -0.25) is 4.79 Å². The molecule has 0 spiro atoms. The van der Waals surface area contributed by atoms with Crippen molar-refractivity contribution in [2.24, 2.45) is 0 Å². The van der Waals surface area contributed by atoms with Gasteiger partial charge < -0.3 is 9.80 Å². The molecule has 4 heteroatoms. The van der Waals surface area contributed by atoms with E-state index in [-0.39, 0.29) is 11.9 Å².